The Morgan fingerprint density at radius 1 is 1.00 bits per heavy atom. The molecule has 202 valence electrons. The van der Waals surface area contributed by atoms with E-state index in [1.807, 2.05) is 43.3 Å². The van der Waals surface area contributed by atoms with Crippen LogP contribution in [0.5, 0.6) is 11.5 Å². The molecule has 0 radical (unpaired) electrons. The molecule has 1 aromatic heterocycles. The van der Waals surface area contributed by atoms with E-state index in [4.69, 9.17) is 14.5 Å². The van der Waals surface area contributed by atoms with E-state index in [2.05, 4.69) is 11.4 Å². The Balaban J connectivity index is 1.70. The number of amides is 1. The molecule has 0 aliphatic rings. The summed E-state index contributed by atoms with van der Waals surface area (Å²) < 4.78 is 10.8. The maximum Gasteiger partial charge on any atom is 0.269 e. The molecule has 0 aliphatic heterocycles. The lowest BCUT2D eigenvalue weighted by molar-refractivity contribution is -0.384. The summed E-state index contributed by atoms with van der Waals surface area (Å²) in [5.41, 5.74) is 5.31. The van der Waals surface area contributed by atoms with Crippen molar-refractivity contribution < 1.29 is 19.2 Å². The fourth-order valence-electron chi connectivity index (χ4n) is 4.06. The summed E-state index contributed by atoms with van der Waals surface area (Å²) in [6.45, 7) is 3.68. The fourth-order valence-corrected chi connectivity index (χ4v) is 4.86. The van der Waals surface area contributed by atoms with Gasteiger partial charge in [0.1, 0.15) is 11.1 Å². The van der Waals surface area contributed by atoms with Gasteiger partial charge in [0.2, 0.25) is 5.91 Å². The second-order valence-corrected chi connectivity index (χ2v) is 9.84. The van der Waals surface area contributed by atoms with Crippen molar-refractivity contribution in [2.45, 2.75) is 18.9 Å². The lowest BCUT2D eigenvalue weighted by atomic mass is 9.98. The van der Waals surface area contributed by atoms with E-state index in [1.54, 1.807) is 33.3 Å². The summed E-state index contributed by atoms with van der Waals surface area (Å²) in [5, 5.41) is 24.4. The zero-order chi connectivity index (χ0) is 28.8. The molecule has 4 rings (SSSR count). The molecule has 0 saturated heterocycles. The average Bonchev–Trinajstić information content (AvgIpc) is 2.96. The summed E-state index contributed by atoms with van der Waals surface area (Å²) in [5.74, 6) is 0.719. The number of nitriles is 1. The molecule has 0 bridgehead atoms. The normalized spacial score (nSPS) is 10.5. The number of aryl methyl sites for hydroxylation is 2. The van der Waals surface area contributed by atoms with Crippen molar-refractivity contribution >= 4 is 29.0 Å². The molecule has 0 unspecified atom stereocenters. The molecular weight excluding hydrogens is 528 g/mol. The van der Waals surface area contributed by atoms with Crippen molar-refractivity contribution in [3.05, 3.63) is 93.5 Å². The first kappa shape index (κ1) is 28.1. The van der Waals surface area contributed by atoms with Crippen LogP contribution < -0.4 is 14.8 Å². The molecule has 0 aliphatic carbocycles. The van der Waals surface area contributed by atoms with Gasteiger partial charge in [-0.15, -0.1) is 0 Å². The Morgan fingerprint density at radius 3 is 2.33 bits per heavy atom. The fraction of sp³-hybridized carbons (Fsp3) is 0.167. The minimum Gasteiger partial charge on any atom is -0.493 e. The summed E-state index contributed by atoms with van der Waals surface area (Å²) >= 11 is 1.14. The number of non-ortho nitro benzene ring substituents is 1. The minimum absolute atomic E-state index is 0.0270. The number of nitrogens with one attached hydrogen (secondary N) is 1. The summed E-state index contributed by atoms with van der Waals surface area (Å²) in [6, 6.07) is 21.7. The summed E-state index contributed by atoms with van der Waals surface area (Å²) in [6.07, 6.45) is 0. The highest BCUT2D eigenvalue weighted by Gasteiger charge is 2.19. The molecular formula is C30H26N4O5S. The molecule has 40 heavy (non-hydrogen) atoms. The topological polar surface area (TPSA) is 127 Å². The van der Waals surface area contributed by atoms with Gasteiger partial charge < -0.3 is 14.8 Å². The van der Waals surface area contributed by atoms with Crippen LogP contribution in [0.4, 0.5) is 11.4 Å². The highest BCUT2D eigenvalue weighted by atomic mass is 32.2. The number of anilines is 1. The van der Waals surface area contributed by atoms with Crippen LogP contribution in [-0.2, 0) is 4.79 Å². The van der Waals surface area contributed by atoms with Gasteiger partial charge in [-0.1, -0.05) is 47.7 Å². The van der Waals surface area contributed by atoms with E-state index >= 15 is 0 Å². The Labute approximate surface area is 235 Å². The smallest absolute Gasteiger partial charge is 0.269 e. The van der Waals surface area contributed by atoms with Gasteiger partial charge in [0.25, 0.3) is 5.69 Å². The van der Waals surface area contributed by atoms with E-state index in [0.29, 0.717) is 44.6 Å². The number of hydrogen-bond acceptors (Lipinski definition) is 8. The van der Waals surface area contributed by atoms with Crippen molar-refractivity contribution in [1.29, 1.82) is 5.26 Å². The van der Waals surface area contributed by atoms with Crippen molar-refractivity contribution in [1.82, 2.24) is 4.98 Å². The summed E-state index contributed by atoms with van der Waals surface area (Å²) in [7, 11) is 3.10. The number of nitro groups is 1. The van der Waals surface area contributed by atoms with Crippen molar-refractivity contribution in [2.75, 3.05) is 25.3 Å². The Bertz CT molecular complexity index is 1630. The van der Waals surface area contributed by atoms with Gasteiger partial charge in [0, 0.05) is 28.9 Å². The number of rotatable bonds is 9. The molecule has 9 nitrogen and oxygen atoms in total. The maximum atomic E-state index is 12.9. The number of hydrogen-bond donors (Lipinski definition) is 1. The number of pyridine rings is 1. The number of ether oxygens (including phenoxy) is 2. The van der Waals surface area contributed by atoms with E-state index in [1.165, 1.54) is 18.2 Å². The Hall–Kier alpha value is -4.88. The van der Waals surface area contributed by atoms with Crippen molar-refractivity contribution in [3.63, 3.8) is 0 Å². The molecule has 3 aromatic carbocycles. The van der Waals surface area contributed by atoms with E-state index < -0.39 is 4.92 Å². The maximum absolute atomic E-state index is 12.9. The van der Waals surface area contributed by atoms with Crippen LogP contribution in [0.2, 0.25) is 0 Å². The van der Waals surface area contributed by atoms with E-state index in [-0.39, 0.29) is 17.3 Å². The second-order valence-electron chi connectivity index (χ2n) is 8.88. The largest absolute Gasteiger partial charge is 0.493 e. The van der Waals surface area contributed by atoms with Crippen LogP contribution in [0.1, 0.15) is 16.7 Å². The van der Waals surface area contributed by atoms with Crippen LogP contribution in [0, 0.1) is 35.3 Å². The van der Waals surface area contributed by atoms with Gasteiger partial charge in [0.05, 0.1) is 36.2 Å². The minimum atomic E-state index is -0.486. The van der Waals surface area contributed by atoms with Gasteiger partial charge in [-0.2, -0.15) is 5.26 Å². The third kappa shape index (κ3) is 6.22. The Morgan fingerprint density at radius 2 is 1.70 bits per heavy atom. The molecule has 10 heteroatoms. The molecule has 1 amide bonds. The monoisotopic (exact) mass is 554 g/mol. The van der Waals surface area contributed by atoms with Crippen LogP contribution in [0.3, 0.4) is 0 Å². The highest BCUT2D eigenvalue weighted by Crippen LogP contribution is 2.38. The lowest BCUT2D eigenvalue weighted by Gasteiger charge is -2.15. The van der Waals surface area contributed by atoms with Gasteiger partial charge in [0.15, 0.2) is 11.5 Å². The zero-order valence-corrected chi connectivity index (χ0v) is 23.2. The quantitative estimate of drug-likeness (QED) is 0.140. The first-order chi connectivity index (χ1) is 19.2. The number of benzene rings is 3. The lowest BCUT2D eigenvalue weighted by Crippen LogP contribution is -2.15. The van der Waals surface area contributed by atoms with Crippen molar-refractivity contribution in [2.24, 2.45) is 0 Å². The van der Waals surface area contributed by atoms with Gasteiger partial charge in [-0.05, 0) is 49.2 Å². The predicted molar refractivity (Wildman–Crippen MR) is 155 cm³/mol. The summed E-state index contributed by atoms with van der Waals surface area (Å²) in [4.78, 5) is 28.1. The third-order valence-electron chi connectivity index (χ3n) is 6.17. The second kappa shape index (κ2) is 12.3. The molecule has 1 N–H and O–H groups in total. The number of nitro benzene ring substituents is 1. The van der Waals surface area contributed by atoms with Crippen LogP contribution >= 0.6 is 11.8 Å². The average molecular weight is 555 g/mol. The number of aromatic nitrogens is 1. The zero-order valence-electron chi connectivity index (χ0n) is 22.3. The van der Waals surface area contributed by atoms with Crippen molar-refractivity contribution in [3.8, 4) is 40.0 Å². The van der Waals surface area contributed by atoms with Gasteiger partial charge >= 0.3 is 0 Å². The SMILES string of the molecule is COc1ccc(-c2cc(-c3ccc(C)cc3)nc(SCC(=O)Nc3ccc([N+](=O)[O-])cc3C)c2C#N)cc1OC. The first-order valence-corrected chi connectivity index (χ1v) is 13.1. The van der Waals surface area contributed by atoms with Gasteiger partial charge in [-0.3, -0.25) is 14.9 Å². The van der Waals surface area contributed by atoms with Crippen LogP contribution in [0.15, 0.2) is 71.8 Å². The highest BCUT2D eigenvalue weighted by molar-refractivity contribution is 8.00. The van der Waals surface area contributed by atoms with Gasteiger partial charge in [-0.25, -0.2) is 4.98 Å². The number of nitrogens with zero attached hydrogens (tertiary/aromatic N) is 3. The number of carbonyl (C=O) groups is 1. The molecule has 0 spiro atoms. The molecule has 0 fully saturated rings. The number of methoxy groups -OCH3 is 2. The number of thioether (sulfide) groups is 1. The molecule has 0 atom stereocenters. The van der Waals surface area contributed by atoms with Crippen LogP contribution in [0.25, 0.3) is 22.4 Å². The molecule has 1 heterocycles. The number of carbonyl (C=O) groups excluding carboxylic acids is 1. The van der Waals surface area contributed by atoms with Crippen LogP contribution in [-0.4, -0.2) is 35.8 Å². The Kier molecular flexibility index (Phi) is 8.67. The van der Waals surface area contributed by atoms with E-state index in [0.717, 1.165) is 28.5 Å². The van der Waals surface area contributed by atoms with E-state index in [9.17, 15) is 20.2 Å². The first-order valence-electron chi connectivity index (χ1n) is 12.2. The standard InChI is InChI=1S/C30H26N4O5S/c1-18-5-7-20(8-6-18)26-15-23(21-9-12-27(38-3)28(14-21)39-4)24(16-31)30(33-26)40-17-29(35)32-25-11-10-22(34(36)37)13-19(25)2/h5-15H,17H2,1-4H3,(H,32,35). The molecule has 0 saturated carbocycles. The third-order valence-corrected chi connectivity index (χ3v) is 7.15. The molecule has 4 aromatic rings. The predicted octanol–water partition coefficient (Wildman–Crippen LogP) is 6.56.